The molecule has 1 aromatic carbocycles. The second-order valence-electron chi connectivity index (χ2n) is 5.62. The van der Waals surface area contributed by atoms with E-state index in [0.717, 1.165) is 17.7 Å². The lowest BCUT2D eigenvalue weighted by molar-refractivity contribution is -0.135. The molecule has 1 N–H and O–H groups in total. The molecule has 1 aromatic rings. The fourth-order valence-electron chi connectivity index (χ4n) is 2.96. The molecule has 2 fully saturated rings. The maximum absolute atomic E-state index is 12.4. The minimum absolute atomic E-state index is 0.0814. The number of nitrogens with one attached hydrogen (secondary N) is 1. The van der Waals surface area contributed by atoms with Crippen molar-refractivity contribution < 1.29 is 9.59 Å². The van der Waals surface area contributed by atoms with E-state index in [9.17, 15) is 9.59 Å². The third-order valence-electron chi connectivity index (χ3n) is 4.03. The Balaban J connectivity index is 1.76. The van der Waals surface area contributed by atoms with Crippen molar-refractivity contribution in [3.8, 4) is 0 Å². The van der Waals surface area contributed by atoms with Crippen LogP contribution >= 0.6 is 11.8 Å². The van der Waals surface area contributed by atoms with Crippen molar-refractivity contribution in [2.75, 3.05) is 11.1 Å². The van der Waals surface area contributed by atoms with Crippen LogP contribution in [0.15, 0.2) is 24.3 Å². The molecule has 4 nitrogen and oxygen atoms in total. The van der Waals surface area contributed by atoms with Gasteiger partial charge < -0.3 is 10.2 Å². The minimum atomic E-state index is -0.347. The highest BCUT2D eigenvalue weighted by atomic mass is 32.2. The molecule has 106 valence electrons. The van der Waals surface area contributed by atoms with Gasteiger partial charge in [-0.1, -0.05) is 12.1 Å². The number of hydrogen-bond acceptors (Lipinski definition) is 3. The van der Waals surface area contributed by atoms with Crippen LogP contribution < -0.4 is 5.32 Å². The summed E-state index contributed by atoms with van der Waals surface area (Å²) in [5.41, 5.74) is 1.89. The van der Waals surface area contributed by atoms with Gasteiger partial charge in [-0.05, 0) is 38.0 Å². The van der Waals surface area contributed by atoms with Crippen LogP contribution in [0.3, 0.4) is 0 Å². The third kappa shape index (κ3) is 2.20. The van der Waals surface area contributed by atoms with E-state index >= 15 is 0 Å². The van der Waals surface area contributed by atoms with Crippen LogP contribution in [0.25, 0.3) is 0 Å². The third-order valence-corrected chi connectivity index (χ3v) is 5.54. The predicted octanol–water partition coefficient (Wildman–Crippen LogP) is 2.39. The lowest BCUT2D eigenvalue weighted by Gasteiger charge is -2.29. The Morgan fingerprint density at radius 1 is 1.50 bits per heavy atom. The molecule has 2 atom stereocenters. The molecule has 0 unspecified atom stereocenters. The molecule has 20 heavy (non-hydrogen) atoms. The standard InChI is InChI=1S/C15H18N2O2S/c1-10-4-3-5-11(8-10)16-14(19)12-9-20-15(2)7-6-13(18)17(12)15/h3-5,8,12H,6-7,9H2,1-2H3,(H,16,19)/t12-,15+/m0/s1. The SMILES string of the molecule is Cc1cccc(NC(=O)[C@@H]2CS[C@]3(C)CCC(=O)N23)c1. The van der Waals surface area contributed by atoms with E-state index in [2.05, 4.69) is 12.2 Å². The van der Waals surface area contributed by atoms with Crippen LogP contribution in [0.1, 0.15) is 25.3 Å². The molecule has 0 radical (unpaired) electrons. The highest BCUT2D eigenvalue weighted by molar-refractivity contribution is 8.01. The van der Waals surface area contributed by atoms with E-state index in [1.165, 1.54) is 0 Å². The Kier molecular flexibility index (Phi) is 3.24. The summed E-state index contributed by atoms with van der Waals surface area (Å²) in [4.78, 5) is 26.0. The Hall–Kier alpha value is -1.49. The summed E-state index contributed by atoms with van der Waals surface area (Å²) in [6, 6.07) is 7.37. The molecule has 0 bridgehead atoms. The normalized spacial score (nSPS) is 28.6. The lowest BCUT2D eigenvalue weighted by atomic mass is 10.2. The van der Waals surface area contributed by atoms with Crippen LogP contribution in [0.5, 0.6) is 0 Å². The average molecular weight is 290 g/mol. The number of fused-ring (bicyclic) bond motifs is 1. The number of thioether (sulfide) groups is 1. The molecule has 3 rings (SSSR count). The number of carbonyl (C=O) groups is 2. The van der Waals surface area contributed by atoms with Gasteiger partial charge >= 0.3 is 0 Å². The molecule has 0 aliphatic carbocycles. The second-order valence-corrected chi connectivity index (χ2v) is 7.13. The number of hydrogen-bond donors (Lipinski definition) is 1. The van der Waals surface area contributed by atoms with Crippen LogP contribution in [0, 0.1) is 6.92 Å². The van der Waals surface area contributed by atoms with E-state index in [0.29, 0.717) is 12.2 Å². The quantitative estimate of drug-likeness (QED) is 0.910. The number of anilines is 1. The molecule has 0 saturated carbocycles. The van der Waals surface area contributed by atoms with Crippen molar-refractivity contribution in [3.05, 3.63) is 29.8 Å². The van der Waals surface area contributed by atoms with E-state index in [1.807, 2.05) is 31.2 Å². The Bertz CT molecular complexity index is 575. The van der Waals surface area contributed by atoms with Gasteiger partial charge in [0.2, 0.25) is 11.8 Å². The van der Waals surface area contributed by atoms with Crippen molar-refractivity contribution >= 4 is 29.3 Å². The van der Waals surface area contributed by atoms with Gasteiger partial charge in [0.25, 0.3) is 0 Å². The number of aryl methyl sites for hydroxylation is 1. The first-order valence-corrected chi connectivity index (χ1v) is 7.82. The molecule has 2 heterocycles. The Morgan fingerprint density at radius 2 is 2.30 bits per heavy atom. The zero-order chi connectivity index (χ0) is 14.3. The highest BCUT2D eigenvalue weighted by Gasteiger charge is 2.52. The van der Waals surface area contributed by atoms with E-state index in [-0.39, 0.29) is 22.7 Å². The summed E-state index contributed by atoms with van der Waals surface area (Å²) >= 11 is 1.71. The van der Waals surface area contributed by atoms with Gasteiger partial charge in [0.15, 0.2) is 0 Å². The predicted molar refractivity (Wildman–Crippen MR) is 80.5 cm³/mol. The first kappa shape index (κ1) is 13.5. The molecule has 2 amide bonds. The zero-order valence-electron chi connectivity index (χ0n) is 11.7. The monoisotopic (exact) mass is 290 g/mol. The van der Waals surface area contributed by atoms with Crippen molar-refractivity contribution in [1.82, 2.24) is 4.90 Å². The molecular weight excluding hydrogens is 272 g/mol. The van der Waals surface area contributed by atoms with Gasteiger partial charge in [0.05, 0.1) is 4.87 Å². The van der Waals surface area contributed by atoms with Crippen molar-refractivity contribution in [1.29, 1.82) is 0 Å². The van der Waals surface area contributed by atoms with Crippen molar-refractivity contribution in [3.63, 3.8) is 0 Å². The summed E-state index contributed by atoms with van der Waals surface area (Å²) in [5, 5.41) is 2.93. The number of amides is 2. The summed E-state index contributed by atoms with van der Waals surface area (Å²) in [6.45, 7) is 4.05. The molecule has 2 saturated heterocycles. The molecule has 5 heteroatoms. The van der Waals surface area contributed by atoms with Crippen LogP contribution in [0.4, 0.5) is 5.69 Å². The van der Waals surface area contributed by atoms with Crippen molar-refractivity contribution in [2.45, 2.75) is 37.6 Å². The largest absolute Gasteiger partial charge is 0.324 e. The first-order chi connectivity index (χ1) is 9.49. The topological polar surface area (TPSA) is 49.4 Å². The Morgan fingerprint density at radius 3 is 3.05 bits per heavy atom. The van der Waals surface area contributed by atoms with Crippen LogP contribution in [-0.2, 0) is 9.59 Å². The maximum atomic E-state index is 12.4. The lowest BCUT2D eigenvalue weighted by Crippen LogP contribution is -2.48. The van der Waals surface area contributed by atoms with Gasteiger partial charge in [-0.25, -0.2) is 0 Å². The summed E-state index contributed by atoms with van der Waals surface area (Å²) in [7, 11) is 0. The van der Waals surface area contributed by atoms with Gasteiger partial charge in [-0.2, -0.15) is 0 Å². The van der Waals surface area contributed by atoms with E-state index < -0.39 is 0 Å². The summed E-state index contributed by atoms with van der Waals surface area (Å²) in [5.74, 6) is 0.698. The number of nitrogens with zero attached hydrogens (tertiary/aromatic N) is 1. The fourth-order valence-corrected chi connectivity index (χ4v) is 4.39. The molecule has 0 spiro atoms. The Labute approximate surface area is 122 Å². The molecule has 2 aliphatic heterocycles. The summed E-state index contributed by atoms with van der Waals surface area (Å²) < 4.78 is 0. The maximum Gasteiger partial charge on any atom is 0.248 e. The van der Waals surface area contributed by atoms with Gasteiger partial charge in [-0.3, -0.25) is 9.59 Å². The molecular formula is C15H18N2O2S. The first-order valence-electron chi connectivity index (χ1n) is 6.83. The average Bonchev–Trinajstić information content (AvgIpc) is 2.87. The molecule has 2 aliphatic rings. The van der Waals surface area contributed by atoms with Gasteiger partial charge in [0.1, 0.15) is 6.04 Å². The summed E-state index contributed by atoms with van der Waals surface area (Å²) in [6.07, 6.45) is 1.39. The highest BCUT2D eigenvalue weighted by Crippen LogP contribution is 2.47. The van der Waals surface area contributed by atoms with E-state index in [1.54, 1.807) is 16.7 Å². The van der Waals surface area contributed by atoms with Gasteiger partial charge in [-0.15, -0.1) is 11.8 Å². The number of benzene rings is 1. The van der Waals surface area contributed by atoms with Crippen LogP contribution in [0.2, 0.25) is 0 Å². The van der Waals surface area contributed by atoms with Crippen molar-refractivity contribution in [2.24, 2.45) is 0 Å². The van der Waals surface area contributed by atoms with Crippen LogP contribution in [-0.4, -0.2) is 33.4 Å². The number of carbonyl (C=O) groups excluding carboxylic acids is 2. The van der Waals surface area contributed by atoms with Gasteiger partial charge in [0, 0.05) is 17.9 Å². The fraction of sp³-hybridized carbons (Fsp3) is 0.467. The zero-order valence-corrected chi connectivity index (χ0v) is 12.5. The second kappa shape index (κ2) is 4.81. The minimum Gasteiger partial charge on any atom is -0.324 e. The van der Waals surface area contributed by atoms with E-state index in [4.69, 9.17) is 0 Å². The molecule has 0 aromatic heterocycles. The number of rotatable bonds is 2. The smallest absolute Gasteiger partial charge is 0.248 e.